The summed E-state index contributed by atoms with van der Waals surface area (Å²) in [5, 5.41) is 12.7. The molecule has 0 aliphatic heterocycles. The Morgan fingerprint density at radius 1 is 1.22 bits per heavy atom. The highest BCUT2D eigenvalue weighted by Gasteiger charge is 2.28. The van der Waals surface area contributed by atoms with Gasteiger partial charge in [-0.05, 0) is 31.2 Å². The van der Waals surface area contributed by atoms with Crippen LogP contribution < -0.4 is 10.6 Å². The van der Waals surface area contributed by atoms with Gasteiger partial charge in [0.15, 0.2) is 0 Å². The number of carbonyl (C=O) groups is 1. The van der Waals surface area contributed by atoms with Gasteiger partial charge in [0, 0.05) is 0 Å². The number of hydrogen-bond donors (Lipinski definition) is 3. The summed E-state index contributed by atoms with van der Waals surface area (Å²) in [5.41, 5.74) is 1.17. The van der Waals surface area contributed by atoms with Crippen LogP contribution in [0.4, 0.5) is 4.79 Å². The Morgan fingerprint density at radius 3 is 2.61 bits per heavy atom. The molecule has 3 rings (SSSR count). The van der Waals surface area contributed by atoms with E-state index in [0.717, 1.165) is 12.8 Å². The van der Waals surface area contributed by atoms with Crippen LogP contribution in [0.1, 0.15) is 56.1 Å². The number of hydrogen-bond acceptors (Lipinski definition) is 3. The SMILES string of the molecule is C[C@@H](NC(=O)N[C@H](c1ccccc1)C1CCCC1)c1ncn[nH]1. The third-order valence-corrected chi connectivity index (χ3v) is 4.51. The Morgan fingerprint density at radius 2 is 1.96 bits per heavy atom. The third-order valence-electron chi connectivity index (χ3n) is 4.51. The molecule has 0 spiro atoms. The molecular weight excluding hydrogens is 290 g/mol. The van der Waals surface area contributed by atoms with Gasteiger partial charge in [0.1, 0.15) is 12.2 Å². The average Bonchev–Trinajstić information content (AvgIpc) is 3.26. The van der Waals surface area contributed by atoms with E-state index >= 15 is 0 Å². The highest BCUT2D eigenvalue weighted by atomic mass is 16.2. The Hall–Kier alpha value is -2.37. The number of urea groups is 1. The van der Waals surface area contributed by atoms with Crippen molar-refractivity contribution in [3.05, 3.63) is 48.0 Å². The minimum atomic E-state index is -0.211. The van der Waals surface area contributed by atoms with E-state index in [1.165, 1.54) is 24.7 Å². The second-order valence-corrected chi connectivity index (χ2v) is 6.14. The maximum atomic E-state index is 12.4. The van der Waals surface area contributed by atoms with Crippen LogP contribution in [0, 0.1) is 5.92 Å². The summed E-state index contributed by atoms with van der Waals surface area (Å²) in [7, 11) is 0. The largest absolute Gasteiger partial charge is 0.331 e. The average molecular weight is 313 g/mol. The quantitative estimate of drug-likeness (QED) is 0.793. The van der Waals surface area contributed by atoms with Gasteiger partial charge in [0.2, 0.25) is 0 Å². The molecule has 2 atom stereocenters. The van der Waals surface area contributed by atoms with E-state index in [9.17, 15) is 4.79 Å². The lowest BCUT2D eigenvalue weighted by Crippen LogP contribution is -2.41. The molecule has 1 saturated carbocycles. The minimum Gasteiger partial charge on any atom is -0.331 e. The number of amides is 2. The molecule has 1 aliphatic carbocycles. The number of H-pyrrole nitrogens is 1. The van der Waals surface area contributed by atoms with E-state index < -0.39 is 0 Å². The standard InChI is InChI=1S/C17H23N5O/c1-12(16-18-11-19-22-16)20-17(23)21-15(14-9-5-6-10-14)13-7-3-2-4-8-13/h2-4,7-8,11-12,14-15H,5-6,9-10H2,1H3,(H,18,19,22)(H2,20,21,23)/t12-,15-/m1/s1. The molecule has 6 nitrogen and oxygen atoms in total. The Bertz CT molecular complexity index is 607. The van der Waals surface area contributed by atoms with E-state index in [0.29, 0.717) is 11.7 Å². The lowest BCUT2D eigenvalue weighted by Gasteiger charge is -2.26. The zero-order valence-corrected chi connectivity index (χ0v) is 13.3. The van der Waals surface area contributed by atoms with Crippen LogP contribution in [0.15, 0.2) is 36.7 Å². The predicted octanol–water partition coefficient (Wildman–Crippen LogP) is 3.10. The number of rotatable bonds is 5. The van der Waals surface area contributed by atoms with Gasteiger partial charge in [-0.3, -0.25) is 5.10 Å². The molecule has 1 aliphatic rings. The molecule has 1 heterocycles. The lowest BCUT2D eigenvalue weighted by molar-refractivity contribution is 0.227. The van der Waals surface area contributed by atoms with Gasteiger partial charge in [-0.2, -0.15) is 5.10 Å². The first-order valence-electron chi connectivity index (χ1n) is 8.21. The van der Waals surface area contributed by atoms with Crippen molar-refractivity contribution in [1.82, 2.24) is 25.8 Å². The summed E-state index contributed by atoms with van der Waals surface area (Å²) in [5.74, 6) is 1.15. The first kappa shape index (κ1) is 15.5. The molecule has 0 unspecified atom stereocenters. The molecule has 1 aromatic heterocycles. The molecule has 1 aromatic carbocycles. The van der Waals surface area contributed by atoms with Gasteiger partial charge in [-0.1, -0.05) is 43.2 Å². The molecule has 0 bridgehead atoms. The van der Waals surface area contributed by atoms with E-state index in [1.54, 1.807) is 0 Å². The van der Waals surface area contributed by atoms with Crippen LogP contribution >= 0.6 is 0 Å². The Kier molecular flexibility index (Phi) is 4.90. The van der Waals surface area contributed by atoms with Crippen molar-refractivity contribution in [1.29, 1.82) is 0 Å². The van der Waals surface area contributed by atoms with Crippen LogP contribution in [0.5, 0.6) is 0 Å². The fourth-order valence-electron chi connectivity index (χ4n) is 3.30. The van der Waals surface area contributed by atoms with Gasteiger partial charge in [0.05, 0.1) is 12.1 Å². The maximum Gasteiger partial charge on any atom is 0.315 e. The van der Waals surface area contributed by atoms with Crippen molar-refractivity contribution in [2.75, 3.05) is 0 Å². The summed E-state index contributed by atoms with van der Waals surface area (Å²) in [4.78, 5) is 16.5. The first-order valence-corrected chi connectivity index (χ1v) is 8.21. The number of benzene rings is 1. The molecule has 122 valence electrons. The van der Waals surface area contributed by atoms with Crippen molar-refractivity contribution < 1.29 is 4.79 Å². The van der Waals surface area contributed by atoms with Gasteiger partial charge in [-0.25, -0.2) is 9.78 Å². The van der Waals surface area contributed by atoms with Gasteiger partial charge < -0.3 is 10.6 Å². The van der Waals surface area contributed by atoms with Crippen LogP contribution in [-0.2, 0) is 0 Å². The minimum absolute atomic E-state index is 0.0561. The highest BCUT2D eigenvalue weighted by Crippen LogP contribution is 2.35. The zero-order valence-electron chi connectivity index (χ0n) is 13.3. The molecular formula is C17H23N5O. The fourth-order valence-corrected chi connectivity index (χ4v) is 3.30. The van der Waals surface area contributed by atoms with E-state index in [4.69, 9.17) is 0 Å². The number of nitrogens with one attached hydrogen (secondary N) is 3. The van der Waals surface area contributed by atoms with Crippen LogP contribution in [0.3, 0.4) is 0 Å². The third kappa shape index (κ3) is 3.88. The summed E-state index contributed by atoms with van der Waals surface area (Å²) >= 11 is 0. The zero-order chi connectivity index (χ0) is 16.1. The second kappa shape index (κ2) is 7.26. The molecule has 3 N–H and O–H groups in total. The maximum absolute atomic E-state index is 12.4. The van der Waals surface area contributed by atoms with E-state index in [-0.39, 0.29) is 18.1 Å². The first-order chi connectivity index (χ1) is 11.2. The summed E-state index contributed by atoms with van der Waals surface area (Å²) in [6.07, 6.45) is 6.25. The molecule has 0 radical (unpaired) electrons. The summed E-state index contributed by atoms with van der Waals surface area (Å²) < 4.78 is 0. The van der Waals surface area contributed by atoms with Crippen molar-refractivity contribution in [3.63, 3.8) is 0 Å². The summed E-state index contributed by atoms with van der Waals surface area (Å²) in [6.45, 7) is 1.88. The Labute approximate surface area is 136 Å². The predicted molar refractivity (Wildman–Crippen MR) is 87.6 cm³/mol. The molecule has 2 aromatic rings. The van der Waals surface area contributed by atoms with Crippen LogP contribution in [0.25, 0.3) is 0 Å². The van der Waals surface area contributed by atoms with Crippen molar-refractivity contribution in [3.8, 4) is 0 Å². The lowest BCUT2D eigenvalue weighted by atomic mass is 9.92. The molecule has 1 fully saturated rings. The summed E-state index contributed by atoms with van der Waals surface area (Å²) in [6, 6.07) is 9.89. The fraction of sp³-hybridized carbons (Fsp3) is 0.471. The number of carbonyl (C=O) groups excluding carboxylic acids is 1. The van der Waals surface area contributed by atoms with E-state index in [2.05, 4.69) is 37.9 Å². The Balaban J connectivity index is 1.67. The second-order valence-electron chi connectivity index (χ2n) is 6.14. The van der Waals surface area contributed by atoms with Crippen molar-refractivity contribution >= 4 is 6.03 Å². The van der Waals surface area contributed by atoms with E-state index in [1.807, 2.05) is 25.1 Å². The van der Waals surface area contributed by atoms with Crippen molar-refractivity contribution in [2.24, 2.45) is 5.92 Å². The van der Waals surface area contributed by atoms with Gasteiger partial charge in [-0.15, -0.1) is 0 Å². The molecule has 23 heavy (non-hydrogen) atoms. The van der Waals surface area contributed by atoms with Gasteiger partial charge >= 0.3 is 6.03 Å². The topological polar surface area (TPSA) is 82.7 Å². The monoisotopic (exact) mass is 313 g/mol. The number of aromatic amines is 1. The number of aromatic nitrogens is 3. The molecule has 6 heteroatoms. The normalized spacial score (nSPS) is 17.6. The smallest absolute Gasteiger partial charge is 0.315 e. The molecule has 0 saturated heterocycles. The number of nitrogens with zero attached hydrogens (tertiary/aromatic N) is 2. The van der Waals surface area contributed by atoms with Crippen molar-refractivity contribution in [2.45, 2.75) is 44.7 Å². The van der Waals surface area contributed by atoms with Crippen LogP contribution in [0.2, 0.25) is 0 Å². The van der Waals surface area contributed by atoms with Gasteiger partial charge in [0.25, 0.3) is 0 Å². The molecule has 2 amide bonds. The van der Waals surface area contributed by atoms with Crippen LogP contribution in [-0.4, -0.2) is 21.2 Å². The highest BCUT2D eigenvalue weighted by molar-refractivity contribution is 5.74.